The van der Waals surface area contributed by atoms with Gasteiger partial charge in [-0.05, 0) is 39.7 Å². The Morgan fingerprint density at radius 1 is 1.38 bits per heavy atom. The van der Waals surface area contributed by atoms with Gasteiger partial charge in [0.2, 0.25) is 10.0 Å². The van der Waals surface area contributed by atoms with E-state index in [1.807, 2.05) is 20.9 Å². The van der Waals surface area contributed by atoms with Crippen molar-refractivity contribution in [2.24, 2.45) is 7.05 Å². The van der Waals surface area contributed by atoms with E-state index in [-0.39, 0.29) is 5.75 Å². The Kier molecular flexibility index (Phi) is 5.40. The fraction of sp³-hybridized carbons (Fsp3) is 0.786. The van der Waals surface area contributed by atoms with Gasteiger partial charge >= 0.3 is 0 Å². The molecular formula is C14H26N4O2S. The van der Waals surface area contributed by atoms with Gasteiger partial charge in [-0.25, -0.2) is 13.1 Å². The van der Waals surface area contributed by atoms with Gasteiger partial charge in [0.15, 0.2) is 0 Å². The summed E-state index contributed by atoms with van der Waals surface area (Å²) in [5.41, 5.74) is 2.85. The number of nitrogens with zero attached hydrogens (tertiary/aromatic N) is 2. The van der Waals surface area contributed by atoms with Gasteiger partial charge in [0.05, 0.1) is 11.4 Å². The Labute approximate surface area is 127 Å². The maximum Gasteiger partial charge on any atom is 0.211 e. The summed E-state index contributed by atoms with van der Waals surface area (Å²) in [5.74, 6) is 0.184. The molecule has 120 valence electrons. The second-order valence-corrected chi connectivity index (χ2v) is 7.77. The molecule has 1 aromatic rings. The highest BCUT2D eigenvalue weighted by Gasteiger charge is 2.18. The third-order valence-corrected chi connectivity index (χ3v) is 5.63. The van der Waals surface area contributed by atoms with Crippen LogP contribution in [0.1, 0.15) is 42.6 Å². The van der Waals surface area contributed by atoms with Crippen molar-refractivity contribution >= 4 is 10.0 Å². The standard InChI is InChI=1S/C14H26N4O2S/c1-11-14(12(2)18(3)17-11)10-16-21(19,20)9-7-13-6-4-5-8-15-13/h13,15-16H,4-10H2,1-3H3. The lowest BCUT2D eigenvalue weighted by Crippen LogP contribution is -2.37. The first-order chi connectivity index (χ1) is 9.89. The van der Waals surface area contributed by atoms with Crippen molar-refractivity contribution in [2.75, 3.05) is 12.3 Å². The number of hydrogen-bond donors (Lipinski definition) is 2. The van der Waals surface area contributed by atoms with E-state index in [2.05, 4.69) is 15.1 Å². The van der Waals surface area contributed by atoms with E-state index in [1.54, 1.807) is 4.68 Å². The largest absolute Gasteiger partial charge is 0.314 e. The zero-order chi connectivity index (χ0) is 15.5. The molecule has 7 heteroatoms. The van der Waals surface area contributed by atoms with Crippen LogP contribution >= 0.6 is 0 Å². The molecule has 1 aliphatic rings. The smallest absolute Gasteiger partial charge is 0.211 e. The number of hydrogen-bond acceptors (Lipinski definition) is 4. The SMILES string of the molecule is Cc1nn(C)c(C)c1CNS(=O)(=O)CCC1CCCCN1. The van der Waals surface area contributed by atoms with Crippen LogP contribution in [0.4, 0.5) is 0 Å². The molecule has 21 heavy (non-hydrogen) atoms. The van der Waals surface area contributed by atoms with Gasteiger partial charge in [-0.15, -0.1) is 0 Å². The van der Waals surface area contributed by atoms with Gasteiger partial charge in [0, 0.05) is 30.9 Å². The Hall–Kier alpha value is -0.920. The quantitative estimate of drug-likeness (QED) is 0.821. The van der Waals surface area contributed by atoms with Crippen molar-refractivity contribution in [3.63, 3.8) is 0 Å². The Balaban J connectivity index is 1.86. The number of piperidine rings is 1. The van der Waals surface area contributed by atoms with Gasteiger partial charge in [-0.2, -0.15) is 5.10 Å². The summed E-state index contributed by atoms with van der Waals surface area (Å²) < 4.78 is 28.7. The van der Waals surface area contributed by atoms with Crippen molar-refractivity contribution in [1.29, 1.82) is 0 Å². The molecule has 1 unspecified atom stereocenters. The summed E-state index contributed by atoms with van der Waals surface area (Å²) in [6.45, 7) is 5.19. The first-order valence-electron chi connectivity index (χ1n) is 7.59. The number of aromatic nitrogens is 2. The Morgan fingerprint density at radius 2 is 2.14 bits per heavy atom. The van der Waals surface area contributed by atoms with E-state index < -0.39 is 10.0 Å². The first-order valence-corrected chi connectivity index (χ1v) is 9.24. The first kappa shape index (κ1) is 16.5. The molecule has 2 heterocycles. The van der Waals surface area contributed by atoms with Crippen LogP contribution in [0, 0.1) is 13.8 Å². The molecule has 0 aliphatic carbocycles. The number of rotatable bonds is 6. The molecule has 0 amide bonds. The summed E-state index contributed by atoms with van der Waals surface area (Å²) in [7, 11) is -1.36. The third-order valence-electron chi connectivity index (χ3n) is 4.28. The van der Waals surface area contributed by atoms with Crippen LogP contribution in [0.15, 0.2) is 0 Å². The van der Waals surface area contributed by atoms with Crippen molar-refractivity contribution in [1.82, 2.24) is 19.8 Å². The molecule has 0 aromatic carbocycles. The highest BCUT2D eigenvalue weighted by atomic mass is 32.2. The average molecular weight is 314 g/mol. The lowest BCUT2D eigenvalue weighted by Gasteiger charge is -2.23. The maximum atomic E-state index is 12.1. The predicted octanol–water partition coefficient (Wildman–Crippen LogP) is 0.989. The fourth-order valence-electron chi connectivity index (χ4n) is 2.80. The molecule has 0 radical (unpaired) electrons. The summed E-state index contributed by atoms with van der Waals surface area (Å²) >= 11 is 0. The molecule has 1 aromatic heterocycles. The molecule has 0 spiro atoms. The number of sulfonamides is 1. The molecular weight excluding hydrogens is 288 g/mol. The molecule has 2 N–H and O–H groups in total. The predicted molar refractivity (Wildman–Crippen MR) is 83.6 cm³/mol. The fourth-order valence-corrected chi connectivity index (χ4v) is 3.90. The van der Waals surface area contributed by atoms with Gasteiger partial charge in [0.25, 0.3) is 0 Å². The molecule has 2 rings (SSSR count). The zero-order valence-electron chi connectivity index (χ0n) is 13.1. The summed E-state index contributed by atoms with van der Waals surface area (Å²) in [6, 6.07) is 0.345. The second-order valence-electron chi connectivity index (χ2n) is 5.85. The molecule has 1 saturated heterocycles. The van der Waals surface area contributed by atoms with Gasteiger partial charge in [0.1, 0.15) is 0 Å². The number of nitrogens with one attached hydrogen (secondary N) is 2. The summed E-state index contributed by atoms with van der Waals surface area (Å²) in [5, 5.41) is 7.68. The number of aryl methyl sites for hydroxylation is 2. The van der Waals surface area contributed by atoms with Crippen molar-refractivity contribution in [3.05, 3.63) is 17.0 Å². The second kappa shape index (κ2) is 6.89. The molecule has 0 bridgehead atoms. The minimum Gasteiger partial charge on any atom is -0.314 e. The normalized spacial score (nSPS) is 19.9. The van der Waals surface area contributed by atoms with Crippen molar-refractivity contribution in [2.45, 2.75) is 52.1 Å². The van der Waals surface area contributed by atoms with E-state index in [0.29, 0.717) is 19.0 Å². The Bertz CT molecular complexity index is 574. The van der Waals surface area contributed by atoms with E-state index in [0.717, 1.165) is 29.9 Å². The molecule has 1 atom stereocenters. The maximum absolute atomic E-state index is 12.1. The van der Waals surface area contributed by atoms with E-state index in [9.17, 15) is 8.42 Å². The van der Waals surface area contributed by atoms with Crippen LogP contribution in [-0.2, 0) is 23.6 Å². The van der Waals surface area contributed by atoms with Crippen molar-refractivity contribution in [3.8, 4) is 0 Å². The van der Waals surface area contributed by atoms with E-state index >= 15 is 0 Å². The highest BCUT2D eigenvalue weighted by Crippen LogP contribution is 2.13. The lowest BCUT2D eigenvalue weighted by molar-refractivity contribution is 0.392. The highest BCUT2D eigenvalue weighted by molar-refractivity contribution is 7.89. The van der Waals surface area contributed by atoms with E-state index in [1.165, 1.54) is 12.8 Å². The van der Waals surface area contributed by atoms with Crippen LogP contribution in [0.25, 0.3) is 0 Å². The molecule has 1 aliphatic heterocycles. The monoisotopic (exact) mass is 314 g/mol. The topological polar surface area (TPSA) is 76.0 Å². The minimum absolute atomic E-state index is 0.184. The molecule has 6 nitrogen and oxygen atoms in total. The molecule has 0 saturated carbocycles. The van der Waals surface area contributed by atoms with Crippen LogP contribution in [0.3, 0.4) is 0 Å². The van der Waals surface area contributed by atoms with Crippen molar-refractivity contribution < 1.29 is 8.42 Å². The van der Waals surface area contributed by atoms with Crippen LogP contribution < -0.4 is 10.0 Å². The third kappa shape index (κ3) is 4.52. The Morgan fingerprint density at radius 3 is 2.71 bits per heavy atom. The summed E-state index contributed by atoms with van der Waals surface area (Å²) in [4.78, 5) is 0. The van der Waals surface area contributed by atoms with Gasteiger partial charge in [-0.3, -0.25) is 4.68 Å². The molecule has 1 fully saturated rings. The minimum atomic E-state index is -3.23. The van der Waals surface area contributed by atoms with Gasteiger partial charge in [-0.1, -0.05) is 6.42 Å². The van der Waals surface area contributed by atoms with Crippen LogP contribution in [0.2, 0.25) is 0 Å². The van der Waals surface area contributed by atoms with E-state index in [4.69, 9.17) is 0 Å². The average Bonchev–Trinajstić information content (AvgIpc) is 2.69. The zero-order valence-corrected chi connectivity index (χ0v) is 14.0. The lowest BCUT2D eigenvalue weighted by atomic mass is 10.0. The van der Waals surface area contributed by atoms with Crippen LogP contribution in [-0.4, -0.2) is 36.5 Å². The van der Waals surface area contributed by atoms with Gasteiger partial charge < -0.3 is 5.32 Å². The van der Waals surface area contributed by atoms with Crippen LogP contribution in [0.5, 0.6) is 0 Å². The summed E-state index contributed by atoms with van der Waals surface area (Å²) in [6.07, 6.45) is 4.15.